The van der Waals surface area contributed by atoms with Crippen molar-refractivity contribution in [3.8, 4) is 0 Å². The molecule has 1 heterocycles. The Morgan fingerprint density at radius 2 is 2.24 bits per heavy atom. The molecular weight excluding hydrogens is 334 g/mol. The van der Waals surface area contributed by atoms with E-state index in [1.54, 1.807) is 0 Å². The van der Waals surface area contributed by atoms with E-state index in [2.05, 4.69) is 52.9 Å². The van der Waals surface area contributed by atoms with Gasteiger partial charge in [0.25, 0.3) is 0 Å². The third-order valence-corrected chi connectivity index (χ3v) is 4.82. The Morgan fingerprint density at radius 1 is 1.48 bits per heavy atom. The molecule has 2 atom stereocenters. The Hall–Kier alpha value is -0.910. The maximum absolute atomic E-state index is 11.4. The first-order chi connectivity index (χ1) is 10.0. The summed E-state index contributed by atoms with van der Waals surface area (Å²) in [6.07, 6.45) is 0.996. The molecule has 1 aromatic carbocycles. The van der Waals surface area contributed by atoms with Crippen LogP contribution in [-0.2, 0) is 16.1 Å². The molecule has 1 aliphatic rings. The van der Waals surface area contributed by atoms with Crippen molar-refractivity contribution in [3.05, 3.63) is 33.8 Å². The number of aryl methyl sites for hydroxylation is 1. The number of nitrogens with zero attached hydrogens (tertiary/aromatic N) is 1. The first-order valence-electron chi connectivity index (χ1n) is 7.32. The van der Waals surface area contributed by atoms with Crippen LogP contribution in [0.1, 0.15) is 24.5 Å². The highest BCUT2D eigenvalue weighted by molar-refractivity contribution is 9.10. The molecule has 4 nitrogen and oxygen atoms in total. The number of halogens is 1. The molecule has 1 fully saturated rings. The molecule has 21 heavy (non-hydrogen) atoms. The summed E-state index contributed by atoms with van der Waals surface area (Å²) in [6, 6.07) is 6.27. The van der Waals surface area contributed by atoms with Crippen LogP contribution in [0.4, 0.5) is 0 Å². The van der Waals surface area contributed by atoms with Gasteiger partial charge in [-0.3, -0.25) is 9.69 Å². The van der Waals surface area contributed by atoms with Crippen molar-refractivity contribution in [2.75, 3.05) is 19.8 Å². The smallest absolute Gasteiger partial charge is 0.310 e. The van der Waals surface area contributed by atoms with Gasteiger partial charge in [0, 0.05) is 17.1 Å². The van der Waals surface area contributed by atoms with Crippen LogP contribution in [0.5, 0.6) is 0 Å². The zero-order valence-electron chi connectivity index (χ0n) is 12.5. The SMILES string of the molecule is CCCN(Cc1ccc(C)c(Br)c1)C1COCC1C(=O)O. The molecular formula is C16H22BrNO3. The predicted molar refractivity (Wildman–Crippen MR) is 85.3 cm³/mol. The van der Waals surface area contributed by atoms with Gasteiger partial charge in [0.05, 0.1) is 19.1 Å². The lowest BCUT2D eigenvalue weighted by Gasteiger charge is -2.30. The Kier molecular flexibility index (Phi) is 5.79. The van der Waals surface area contributed by atoms with Crippen LogP contribution in [0.15, 0.2) is 22.7 Å². The molecule has 2 unspecified atom stereocenters. The zero-order chi connectivity index (χ0) is 15.4. The molecule has 0 aliphatic carbocycles. The number of hydrogen-bond acceptors (Lipinski definition) is 3. The van der Waals surface area contributed by atoms with E-state index in [9.17, 15) is 9.90 Å². The molecule has 0 saturated carbocycles. The summed E-state index contributed by atoms with van der Waals surface area (Å²) < 4.78 is 6.50. The van der Waals surface area contributed by atoms with E-state index in [-0.39, 0.29) is 6.04 Å². The molecule has 1 saturated heterocycles. The lowest BCUT2D eigenvalue weighted by Crippen LogP contribution is -2.43. The minimum atomic E-state index is -0.760. The fraction of sp³-hybridized carbons (Fsp3) is 0.562. The molecule has 0 radical (unpaired) electrons. The molecule has 0 amide bonds. The summed E-state index contributed by atoms with van der Waals surface area (Å²) >= 11 is 3.56. The number of carboxylic acid groups (broad SMARTS) is 1. The van der Waals surface area contributed by atoms with Gasteiger partial charge < -0.3 is 9.84 Å². The van der Waals surface area contributed by atoms with Crippen molar-refractivity contribution in [2.24, 2.45) is 5.92 Å². The van der Waals surface area contributed by atoms with Gasteiger partial charge >= 0.3 is 5.97 Å². The molecule has 1 aliphatic heterocycles. The topological polar surface area (TPSA) is 49.8 Å². The molecule has 0 bridgehead atoms. The molecule has 5 heteroatoms. The number of carbonyl (C=O) groups is 1. The predicted octanol–water partition coefficient (Wildman–Crippen LogP) is 3.07. The first kappa shape index (κ1) is 16.5. The number of ether oxygens (including phenoxy) is 1. The fourth-order valence-corrected chi connectivity index (χ4v) is 3.18. The molecule has 1 aromatic rings. The summed E-state index contributed by atoms with van der Waals surface area (Å²) in [6.45, 7) is 6.63. The zero-order valence-corrected chi connectivity index (χ0v) is 14.1. The number of carboxylic acids is 1. The van der Waals surface area contributed by atoms with E-state index in [0.717, 1.165) is 24.0 Å². The summed E-state index contributed by atoms with van der Waals surface area (Å²) in [7, 11) is 0. The summed E-state index contributed by atoms with van der Waals surface area (Å²) in [4.78, 5) is 13.6. The van der Waals surface area contributed by atoms with Crippen LogP contribution in [0, 0.1) is 12.8 Å². The highest BCUT2D eigenvalue weighted by Crippen LogP contribution is 2.24. The van der Waals surface area contributed by atoms with Gasteiger partial charge in [-0.15, -0.1) is 0 Å². The number of rotatable bonds is 6. The summed E-state index contributed by atoms with van der Waals surface area (Å²) in [5.41, 5.74) is 2.39. The van der Waals surface area contributed by atoms with Gasteiger partial charge in [-0.05, 0) is 37.1 Å². The fourth-order valence-electron chi connectivity index (χ4n) is 2.76. The van der Waals surface area contributed by atoms with Crippen molar-refractivity contribution in [2.45, 2.75) is 32.9 Å². The second kappa shape index (κ2) is 7.38. The number of hydrogen-bond donors (Lipinski definition) is 1. The van der Waals surface area contributed by atoms with E-state index >= 15 is 0 Å². The van der Waals surface area contributed by atoms with Crippen LogP contribution in [-0.4, -0.2) is 41.8 Å². The van der Waals surface area contributed by atoms with Crippen molar-refractivity contribution in [1.29, 1.82) is 0 Å². The molecule has 1 N–H and O–H groups in total. The van der Waals surface area contributed by atoms with E-state index in [4.69, 9.17) is 4.74 Å². The van der Waals surface area contributed by atoms with Gasteiger partial charge in [-0.1, -0.05) is 35.0 Å². The first-order valence-corrected chi connectivity index (χ1v) is 8.11. The second-order valence-corrected chi connectivity index (χ2v) is 6.46. The highest BCUT2D eigenvalue weighted by atomic mass is 79.9. The monoisotopic (exact) mass is 355 g/mol. The normalized spacial score (nSPS) is 21.9. The summed E-state index contributed by atoms with van der Waals surface area (Å²) in [5.74, 6) is -1.19. The molecule has 0 spiro atoms. The minimum absolute atomic E-state index is 0.0393. The summed E-state index contributed by atoms with van der Waals surface area (Å²) in [5, 5.41) is 9.33. The average molecular weight is 356 g/mol. The third-order valence-electron chi connectivity index (χ3n) is 3.97. The third kappa shape index (κ3) is 4.05. The Bertz CT molecular complexity index is 506. The van der Waals surface area contributed by atoms with Crippen molar-refractivity contribution in [3.63, 3.8) is 0 Å². The Balaban J connectivity index is 2.14. The number of aliphatic carboxylic acids is 1. The van der Waals surface area contributed by atoms with Crippen molar-refractivity contribution >= 4 is 21.9 Å². The van der Waals surface area contributed by atoms with Crippen LogP contribution in [0.2, 0.25) is 0 Å². The van der Waals surface area contributed by atoms with E-state index in [1.165, 1.54) is 11.1 Å². The Morgan fingerprint density at radius 3 is 2.86 bits per heavy atom. The maximum atomic E-state index is 11.4. The molecule has 2 rings (SSSR count). The second-order valence-electron chi connectivity index (χ2n) is 5.60. The van der Waals surface area contributed by atoms with E-state index in [1.807, 2.05) is 0 Å². The highest BCUT2D eigenvalue weighted by Gasteiger charge is 2.37. The average Bonchev–Trinajstić information content (AvgIpc) is 2.92. The van der Waals surface area contributed by atoms with Crippen LogP contribution in [0.25, 0.3) is 0 Å². The Labute approximate surface area is 134 Å². The van der Waals surface area contributed by atoms with Crippen LogP contribution in [0.3, 0.4) is 0 Å². The van der Waals surface area contributed by atoms with Gasteiger partial charge in [-0.25, -0.2) is 0 Å². The molecule has 116 valence electrons. The van der Waals surface area contributed by atoms with E-state index in [0.29, 0.717) is 13.2 Å². The van der Waals surface area contributed by atoms with Crippen molar-refractivity contribution < 1.29 is 14.6 Å². The van der Waals surface area contributed by atoms with Crippen molar-refractivity contribution in [1.82, 2.24) is 4.90 Å². The lowest BCUT2D eigenvalue weighted by molar-refractivity contribution is -0.143. The standard InChI is InChI=1S/C16H22BrNO3/c1-3-6-18(15-10-21-9-13(15)16(19)20)8-12-5-4-11(2)14(17)7-12/h4-5,7,13,15H,3,6,8-10H2,1-2H3,(H,19,20). The molecule has 0 aromatic heterocycles. The largest absolute Gasteiger partial charge is 0.481 e. The van der Waals surface area contributed by atoms with Gasteiger partial charge in [0.15, 0.2) is 0 Å². The van der Waals surface area contributed by atoms with Gasteiger partial charge in [-0.2, -0.15) is 0 Å². The number of benzene rings is 1. The lowest BCUT2D eigenvalue weighted by atomic mass is 10.0. The minimum Gasteiger partial charge on any atom is -0.481 e. The van der Waals surface area contributed by atoms with Crippen LogP contribution < -0.4 is 0 Å². The van der Waals surface area contributed by atoms with Gasteiger partial charge in [0.1, 0.15) is 0 Å². The maximum Gasteiger partial charge on any atom is 0.310 e. The quantitative estimate of drug-likeness (QED) is 0.851. The van der Waals surface area contributed by atoms with Crippen LogP contribution >= 0.6 is 15.9 Å². The van der Waals surface area contributed by atoms with E-state index < -0.39 is 11.9 Å². The van der Waals surface area contributed by atoms with Gasteiger partial charge in [0.2, 0.25) is 0 Å².